The van der Waals surface area contributed by atoms with Gasteiger partial charge in [-0.3, -0.25) is 9.59 Å². The van der Waals surface area contributed by atoms with Gasteiger partial charge in [-0.1, -0.05) is 29.8 Å². The average molecular weight is 430 g/mol. The second-order valence-electron chi connectivity index (χ2n) is 8.03. The van der Waals surface area contributed by atoms with Crippen molar-refractivity contribution in [3.63, 3.8) is 0 Å². The predicted molar refractivity (Wildman–Crippen MR) is 121 cm³/mol. The molecule has 3 rings (SSSR count). The van der Waals surface area contributed by atoms with Gasteiger partial charge in [0, 0.05) is 48.9 Å². The molecule has 0 radical (unpaired) electrons. The van der Waals surface area contributed by atoms with Crippen LogP contribution in [0.2, 0.25) is 5.02 Å². The van der Waals surface area contributed by atoms with Crippen LogP contribution in [0.15, 0.2) is 42.5 Å². The Kier molecular flexibility index (Phi) is 7.34. The number of quaternary nitrogens is 1. The quantitative estimate of drug-likeness (QED) is 0.617. The summed E-state index contributed by atoms with van der Waals surface area (Å²) in [5.74, 6) is -1.32. The number of amides is 2. The van der Waals surface area contributed by atoms with Crippen LogP contribution in [-0.4, -0.2) is 45.5 Å². The number of carbonyl (C=O) groups excluding carboxylic acids is 2. The maximum absolute atomic E-state index is 12.5. The molecule has 1 heterocycles. The minimum absolute atomic E-state index is 0.119. The number of anilines is 2. The lowest BCUT2D eigenvalue weighted by atomic mass is 10.0. The Morgan fingerprint density at radius 2 is 1.73 bits per heavy atom. The monoisotopic (exact) mass is 429 g/mol. The third-order valence-electron chi connectivity index (χ3n) is 5.67. The van der Waals surface area contributed by atoms with Gasteiger partial charge in [-0.2, -0.15) is 0 Å². The molecule has 1 aliphatic rings. The lowest BCUT2D eigenvalue weighted by Crippen LogP contribution is -3.11. The lowest BCUT2D eigenvalue weighted by molar-refractivity contribution is -0.918. The summed E-state index contributed by atoms with van der Waals surface area (Å²) in [5.41, 5.74) is 3.70. The molecule has 3 N–H and O–H groups in total. The molecule has 160 valence electrons. The molecular formula is C23H30ClN4O2+. The Labute approximate surface area is 183 Å². The van der Waals surface area contributed by atoms with Crippen LogP contribution < -0.4 is 20.4 Å². The number of hydrogen-bond donors (Lipinski definition) is 3. The molecule has 0 aromatic heterocycles. The molecule has 2 aromatic rings. The van der Waals surface area contributed by atoms with Crippen molar-refractivity contribution < 1.29 is 14.5 Å². The van der Waals surface area contributed by atoms with Crippen LogP contribution in [0.5, 0.6) is 0 Å². The van der Waals surface area contributed by atoms with Crippen LogP contribution in [0.1, 0.15) is 30.0 Å². The third kappa shape index (κ3) is 5.52. The minimum atomic E-state index is -0.682. The zero-order valence-corrected chi connectivity index (χ0v) is 18.6. The molecule has 1 fully saturated rings. The number of rotatable bonds is 6. The van der Waals surface area contributed by atoms with Gasteiger partial charge in [0.2, 0.25) is 0 Å². The molecule has 1 aliphatic heterocycles. The summed E-state index contributed by atoms with van der Waals surface area (Å²) in [6, 6.07) is 13.7. The summed E-state index contributed by atoms with van der Waals surface area (Å²) in [7, 11) is 4.03. The lowest BCUT2D eigenvalue weighted by Gasteiger charge is -2.25. The molecular weight excluding hydrogens is 400 g/mol. The van der Waals surface area contributed by atoms with E-state index < -0.39 is 11.8 Å². The summed E-state index contributed by atoms with van der Waals surface area (Å²) in [6.45, 7) is 4.42. The van der Waals surface area contributed by atoms with Gasteiger partial charge in [0.1, 0.15) is 6.04 Å². The zero-order chi connectivity index (χ0) is 21.7. The zero-order valence-electron chi connectivity index (χ0n) is 17.8. The number of benzene rings is 2. The SMILES string of the molecule is Cc1ccc(Cl)cc1NC(=O)C(=O)NC[C@H](c1ccc(N(C)C)cc1)[NH+]1CCCC1. The van der Waals surface area contributed by atoms with Gasteiger partial charge < -0.3 is 20.4 Å². The fraction of sp³-hybridized carbons (Fsp3) is 0.391. The summed E-state index contributed by atoms with van der Waals surface area (Å²) < 4.78 is 0. The van der Waals surface area contributed by atoms with Gasteiger partial charge in [-0.25, -0.2) is 0 Å². The van der Waals surface area contributed by atoms with E-state index in [4.69, 9.17) is 11.6 Å². The van der Waals surface area contributed by atoms with Crippen molar-refractivity contribution in [2.45, 2.75) is 25.8 Å². The molecule has 2 aromatic carbocycles. The topological polar surface area (TPSA) is 65.9 Å². The van der Waals surface area contributed by atoms with Gasteiger partial charge in [0.05, 0.1) is 19.6 Å². The molecule has 0 spiro atoms. The van der Waals surface area contributed by atoms with Gasteiger partial charge in [-0.05, 0) is 36.8 Å². The number of nitrogens with one attached hydrogen (secondary N) is 3. The predicted octanol–water partition coefficient (Wildman–Crippen LogP) is 2.19. The van der Waals surface area contributed by atoms with Crippen LogP contribution >= 0.6 is 11.6 Å². The third-order valence-corrected chi connectivity index (χ3v) is 5.91. The molecule has 7 heteroatoms. The van der Waals surface area contributed by atoms with E-state index in [1.54, 1.807) is 18.2 Å². The van der Waals surface area contributed by atoms with Crippen LogP contribution in [0.4, 0.5) is 11.4 Å². The van der Waals surface area contributed by atoms with Crippen molar-refractivity contribution >= 4 is 34.8 Å². The van der Waals surface area contributed by atoms with Crippen molar-refractivity contribution in [3.8, 4) is 0 Å². The molecule has 2 amide bonds. The summed E-state index contributed by atoms with van der Waals surface area (Å²) in [4.78, 5) is 28.4. The van der Waals surface area contributed by atoms with E-state index in [0.29, 0.717) is 17.3 Å². The van der Waals surface area contributed by atoms with E-state index in [9.17, 15) is 9.59 Å². The largest absolute Gasteiger partial charge is 0.378 e. The highest BCUT2D eigenvalue weighted by Gasteiger charge is 2.28. The van der Waals surface area contributed by atoms with Crippen molar-refractivity contribution in [1.29, 1.82) is 0 Å². The first-order valence-electron chi connectivity index (χ1n) is 10.3. The first-order chi connectivity index (χ1) is 14.3. The molecule has 0 unspecified atom stereocenters. The van der Waals surface area contributed by atoms with Gasteiger partial charge in [0.15, 0.2) is 0 Å². The molecule has 0 bridgehead atoms. The molecule has 1 saturated heterocycles. The number of nitrogens with zero attached hydrogens (tertiary/aromatic N) is 1. The van der Waals surface area contributed by atoms with Crippen molar-refractivity contribution in [2.24, 2.45) is 0 Å². The maximum Gasteiger partial charge on any atom is 0.313 e. The van der Waals surface area contributed by atoms with E-state index in [2.05, 4.69) is 39.8 Å². The smallest absolute Gasteiger partial charge is 0.313 e. The van der Waals surface area contributed by atoms with Crippen LogP contribution in [-0.2, 0) is 9.59 Å². The standard InChI is InChI=1S/C23H29ClN4O2/c1-16-6-9-18(24)14-20(16)26-23(30)22(29)25-15-21(28-12-4-5-13-28)17-7-10-19(11-8-17)27(2)3/h6-11,14,21H,4-5,12-13,15H2,1-3H3,(H,25,29)(H,26,30)/p+1/t21-/m1/s1. The number of halogens is 1. The average Bonchev–Trinajstić information content (AvgIpc) is 3.25. The molecule has 30 heavy (non-hydrogen) atoms. The van der Waals surface area contributed by atoms with Crippen molar-refractivity contribution in [1.82, 2.24) is 5.32 Å². The highest BCUT2D eigenvalue weighted by Crippen LogP contribution is 2.20. The number of aryl methyl sites for hydroxylation is 1. The Morgan fingerprint density at radius 1 is 1.07 bits per heavy atom. The Morgan fingerprint density at radius 3 is 2.37 bits per heavy atom. The molecule has 0 saturated carbocycles. The van der Waals surface area contributed by atoms with Crippen LogP contribution in [0, 0.1) is 6.92 Å². The highest BCUT2D eigenvalue weighted by atomic mass is 35.5. The fourth-order valence-corrected chi connectivity index (χ4v) is 4.04. The highest BCUT2D eigenvalue weighted by molar-refractivity contribution is 6.40. The van der Waals surface area contributed by atoms with Crippen molar-refractivity contribution in [3.05, 3.63) is 58.6 Å². The van der Waals surface area contributed by atoms with Gasteiger partial charge in [-0.15, -0.1) is 0 Å². The number of hydrogen-bond acceptors (Lipinski definition) is 3. The number of carbonyl (C=O) groups is 2. The van der Waals surface area contributed by atoms with E-state index in [1.165, 1.54) is 23.3 Å². The molecule has 0 aliphatic carbocycles. The Bertz CT molecular complexity index is 893. The van der Waals surface area contributed by atoms with E-state index >= 15 is 0 Å². The maximum atomic E-state index is 12.5. The second-order valence-corrected chi connectivity index (χ2v) is 8.46. The summed E-state index contributed by atoms with van der Waals surface area (Å²) >= 11 is 6.00. The second kappa shape index (κ2) is 9.96. The van der Waals surface area contributed by atoms with E-state index in [1.807, 2.05) is 21.0 Å². The van der Waals surface area contributed by atoms with Gasteiger partial charge in [0.25, 0.3) is 0 Å². The first kappa shape index (κ1) is 22.1. The van der Waals surface area contributed by atoms with Crippen LogP contribution in [0.25, 0.3) is 0 Å². The van der Waals surface area contributed by atoms with Crippen molar-refractivity contribution in [2.75, 3.05) is 43.9 Å². The fourth-order valence-electron chi connectivity index (χ4n) is 3.86. The Hall–Kier alpha value is -2.57. The molecule has 1 atom stereocenters. The van der Waals surface area contributed by atoms with Gasteiger partial charge >= 0.3 is 11.8 Å². The normalized spacial score (nSPS) is 14.9. The number of likely N-dealkylation sites (tertiary alicyclic amines) is 1. The van der Waals surface area contributed by atoms with E-state index in [0.717, 1.165) is 24.3 Å². The van der Waals surface area contributed by atoms with E-state index in [-0.39, 0.29) is 6.04 Å². The summed E-state index contributed by atoms with van der Waals surface area (Å²) in [5, 5.41) is 6.00. The Balaban J connectivity index is 1.66. The van der Waals surface area contributed by atoms with Crippen LogP contribution in [0.3, 0.4) is 0 Å². The summed E-state index contributed by atoms with van der Waals surface area (Å²) in [6.07, 6.45) is 2.37. The molecule has 6 nitrogen and oxygen atoms in total. The first-order valence-corrected chi connectivity index (χ1v) is 10.7. The minimum Gasteiger partial charge on any atom is -0.378 e.